The van der Waals surface area contributed by atoms with E-state index in [-0.39, 0.29) is 23.5 Å². The molecule has 2 rings (SSSR count). The molecule has 2 atom stereocenters. The molecule has 0 aromatic carbocycles. The van der Waals surface area contributed by atoms with Crippen molar-refractivity contribution in [2.75, 3.05) is 7.05 Å². The largest absolute Gasteiger partial charge is 0.391 e. The summed E-state index contributed by atoms with van der Waals surface area (Å²) in [5.41, 5.74) is -0.161. The van der Waals surface area contributed by atoms with Crippen LogP contribution in [0.3, 0.4) is 0 Å². The summed E-state index contributed by atoms with van der Waals surface area (Å²) in [4.78, 5) is 14.4. The van der Waals surface area contributed by atoms with Gasteiger partial charge in [-0.05, 0) is 25.7 Å². The fourth-order valence-corrected chi connectivity index (χ4v) is 3.49. The Labute approximate surface area is 104 Å². The van der Waals surface area contributed by atoms with Crippen LogP contribution < -0.4 is 0 Å². The molecule has 0 spiro atoms. The highest BCUT2D eigenvalue weighted by molar-refractivity contribution is 5.82. The van der Waals surface area contributed by atoms with E-state index in [4.69, 9.17) is 0 Å². The molecule has 2 saturated carbocycles. The zero-order valence-electron chi connectivity index (χ0n) is 11.1. The van der Waals surface area contributed by atoms with Crippen molar-refractivity contribution in [3.63, 3.8) is 0 Å². The first-order valence-electron chi connectivity index (χ1n) is 7.00. The highest BCUT2D eigenvalue weighted by atomic mass is 16.3. The lowest BCUT2D eigenvalue weighted by Crippen LogP contribution is -2.50. The molecular formula is C14H25NO2. The molecule has 2 aliphatic rings. The Morgan fingerprint density at radius 3 is 2.35 bits per heavy atom. The zero-order valence-corrected chi connectivity index (χ0v) is 11.1. The summed E-state index contributed by atoms with van der Waals surface area (Å²) in [6.07, 6.45) is 8.08. The smallest absolute Gasteiger partial charge is 0.228 e. The number of amides is 1. The number of carbonyl (C=O) groups excluding carboxylic acids is 1. The van der Waals surface area contributed by atoms with Crippen LogP contribution in [0.4, 0.5) is 0 Å². The molecule has 98 valence electrons. The van der Waals surface area contributed by atoms with Gasteiger partial charge >= 0.3 is 0 Å². The second-order valence-corrected chi connectivity index (χ2v) is 6.10. The van der Waals surface area contributed by atoms with Crippen LogP contribution >= 0.6 is 0 Å². The molecule has 2 unspecified atom stereocenters. The van der Waals surface area contributed by atoms with Crippen molar-refractivity contribution in [3.05, 3.63) is 0 Å². The number of aliphatic hydroxyl groups is 1. The van der Waals surface area contributed by atoms with E-state index in [1.807, 2.05) is 11.9 Å². The molecule has 3 nitrogen and oxygen atoms in total. The topological polar surface area (TPSA) is 40.5 Å². The van der Waals surface area contributed by atoms with Gasteiger partial charge in [0.1, 0.15) is 0 Å². The van der Waals surface area contributed by atoms with Crippen LogP contribution in [0, 0.1) is 5.41 Å². The molecule has 0 heterocycles. The van der Waals surface area contributed by atoms with Crippen LogP contribution in [0.15, 0.2) is 0 Å². The van der Waals surface area contributed by atoms with Gasteiger partial charge in [0, 0.05) is 12.5 Å². The van der Waals surface area contributed by atoms with E-state index in [2.05, 4.69) is 6.92 Å². The lowest BCUT2D eigenvalue weighted by Gasteiger charge is -2.39. The van der Waals surface area contributed by atoms with Crippen molar-refractivity contribution in [1.29, 1.82) is 0 Å². The van der Waals surface area contributed by atoms with Gasteiger partial charge in [-0.1, -0.05) is 32.6 Å². The molecule has 1 amide bonds. The van der Waals surface area contributed by atoms with Crippen molar-refractivity contribution >= 4 is 5.91 Å². The fourth-order valence-electron chi connectivity index (χ4n) is 3.49. The number of hydrogen-bond donors (Lipinski definition) is 1. The van der Waals surface area contributed by atoms with Gasteiger partial charge in [0.05, 0.1) is 12.1 Å². The van der Waals surface area contributed by atoms with Crippen LogP contribution in [0.5, 0.6) is 0 Å². The van der Waals surface area contributed by atoms with Gasteiger partial charge in [-0.15, -0.1) is 0 Å². The number of rotatable bonds is 2. The number of carbonyl (C=O) groups is 1. The van der Waals surface area contributed by atoms with E-state index in [0.717, 1.165) is 38.5 Å². The summed E-state index contributed by atoms with van der Waals surface area (Å²) in [7, 11) is 1.88. The Bertz CT molecular complexity index is 284. The third-order valence-corrected chi connectivity index (χ3v) is 4.74. The van der Waals surface area contributed by atoms with E-state index in [9.17, 15) is 9.90 Å². The SMILES string of the molecule is CN(C(=O)C1(C)CCCC1)C1CCCCC1O. The van der Waals surface area contributed by atoms with Gasteiger partial charge in [-0.25, -0.2) is 0 Å². The molecule has 17 heavy (non-hydrogen) atoms. The van der Waals surface area contributed by atoms with Gasteiger partial charge in [0.2, 0.25) is 5.91 Å². The molecule has 2 fully saturated rings. The van der Waals surface area contributed by atoms with Crippen molar-refractivity contribution < 1.29 is 9.90 Å². The van der Waals surface area contributed by atoms with Crippen molar-refractivity contribution in [2.24, 2.45) is 5.41 Å². The first-order chi connectivity index (χ1) is 8.04. The van der Waals surface area contributed by atoms with Crippen molar-refractivity contribution in [1.82, 2.24) is 4.90 Å². The van der Waals surface area contributed by atoms with Crippen LogP contribution in [-0.2, 0) is 4.79 Å². The summed E-state index contributed by atoms with van der Waals surface area (Å²) in [5, 5.41) is 10.0. The average Bonchev–Trinajstić information content (AvgIpc) is 2.76. The first kappa shape index (κ1) is 12.9. The molecule has 0 aromatic heterocycles. The van der Waals surface area contributed by atoms with Gasteiger partial charge in [-0.3, -0.25) is 4.79 Å². The lowest BCUT2D eigenvalue weighted by atomic mass is 9.84. The predicted molar refractivity (Wildman–Crippen MR) is 67.6 cm³/mol. The van der Waals surface area contributed by atoms with E-state index in [1.54, 1.807) is 0 Å². The molecule has 2 aliphatic carbocycles. The summed E-state index contributed by atoms with van der Waals surface area (Å²) < 4.78 is 0. The van der Waals surface area contributed by atoms with Crippen LogP contribution in [0.25, 0.3) is 0 Å². The van der Waals surface area contributed by atoms with E-state index < -0.39 is 0 Å². The minimum Gasteiger partial charge on any atom is -0.391 e. The normalized spacial score (nSPS) is 32.4. The first-order valence-corrected chi connectivity index (χ1v) is 7.00. The minimum atomic E-state index is -0.317. The Balaban J connectivity index is 2.03. The van der Waals surface area contributed by atoms with Crippen LogP contribution in [0.2, 0.25) is 0 Å². The quantitative estimate of drug-likeness (QED) is 0.803. The highest BCUT2D eigenvalue weighted by Crippen LogP contribution is 2.40. The molecule has 0 aromatic rings. The van der Waals surface area contributed by atoms with E-state index in [0.29, 0.717) is 0 Å². The predicted octanol–water partition coefficient (Wildman–Crippen LogP) is 2.33. The van der Waals surface area contributed by atoms with Gasteiger partial charge in [0.25, 0.3) is 0 Å². The summed E-state index contributed by atoms with van der Waals surface area (Å²) in [6.45, 7) is 2.09. The maximum absolute atomic E-state index is 12.5. The number of nitrogens with zero attached hydrogens (tertiary/aromatic N) is 1. The molecule has 0 bridgehead atoms. The lowest BCUT2D eigenvalue weighted by molar-refractivity contribution is -0.145. The van der Waals surface area contributed by atoms with Crippen LogP contribution in [0.1, 0.15) is 58.3 Å². The molecule has 3 heteroatoms. The van der Waals surface area contributed by atoms with Crippen molar-refractivity contribution in [3.8, 4) is 0 Å². The molecular weight excluding hydrogens is 214 g/mol. The van der Waals surface area contributed by atoms with E-state index >= 15 is 0 Å². The van der Waals surface area contributed by atoms with E-state index in [1.165, 1.54) is 12.8 Å². The van der Waals surface area contributed by atoms with Gasteiger partial charge < -0.3 is 10.0 Å². The van der Waals surface area contributed by atoms with Gasteiger partial charge in [-0.2, -0.15) is 0 Å². The zero-order chi connectivity index (χ0) is 12.5. The monoisotopic (exact) mass is 239 g/mol. The number of aliphatic hydroxyl groups excluding tert-OH is 1. The second kappa shape index (κ2) is 4.97. The Morgan fingerprint density at radius 1 is 1.18 bits per heavy atom. The third kappa shape index (κ3) is 2.49. The Morgan fingerprint density at radius 2 is 1.76 bits per heavy atom. The maximum atomic E-state index is 12.5. The average molecular weight is 239 g/mol. The summed E-state index contributed by atoms with van der Waals surface area (Å²) >= 11 is 0. The summed E-state index contributed by atoms with van der Waals surface area (Å²) in [6, 6.07) is 0.0497. The summed E-state index contributed by atoms with van der Waals surface area (Å²) in [5.74, 6) is 0.251. The van der Waals surface area contributed by atoms with Crippen molar-refractivity contribution in [2.45, 2.75) is 70.4 Å². The van der Waals surface area contributed by atoms with Gasteiger partial charge in [0.15, 0.2) is 0 Å². The number of likely N-dealkylation sites (N-methyl/N-ethyl adjacent to an activating group) is 1. The third-order valence-electron chi connectivity index (χ3n) is 4.74. The molecule has 1 N–H and O–H groups in total. The minimum absolute atomic E-state index is 0.0497. The Hall–Kier alpha value is -0.570. The molecule has 0 aliphatic heterocycles. The molecule has 0 radical (unpaired) electrons. The maximum Gasteiger partial charge on any atom is 0.228 e. The highest BCUT2D eigenvalue weighted by Gasteiger charge is 2.41. The number of hydrogen-bond acceptors (Lipinski definition) is 2. The Kier molecular flexibility index (Phi) is 3.76. The fraction of sp³-hybridized carbons (Fsp3) is 0.929. The second-order valence-electron chi connectivity index (χ2n) is 6.10. The van der Waals surface area contributed by atoms with Crippen LogP contribution in [-0.4, -0.2) is 35.1 Å². The standard InChI is InChI=1S/C14H25NO2/c1-14(9-5-6-10-14)13(17)15(2)11-7-3-4-8-12(11)16/h11-12,16H,3-10H2,1-2H3. The molecule has 0 saturated heterocycles.